The standard InChI is InChI=1S/C14H23NO/c1-4-15-14(11-16-12(2)3)10-13-8-6-5-7-9-13/h5-9,12,14-15H,4,10-11H2,1-3H3. The van der Waals surface area contributed by atoms with Crippen LogP contribution in [0.5, 0.6) is 0 Å². The SMILES string of the molecule is CCNC(COC(C)C)Cc1ccccc1. The lowest BCUT2D eigenvalue weighted by Crippen LogP contribution is -2.36. The summed E-state index contributed by atoms with van der Waals surface area (Å²) in [5.41, 5.74) is 1.36. The van der Waals surface area contributed by atoms with Crippen LogP contribution in [0.4, 0.5) is 0 Å². The number of nitrogens with one attached hydrogen (secondary N) is 1. The zero-order valence-electron chi connectivity index (χ0n) is 10.6. The summed E-state index contributed by atoms with van der Waals surface area (Å²) in [5.74, 6) is 0. The van der Waals surface area contributed by atoms with Gasteiger partial charge in [0.25, 0.3) is 0 Å². The molecule has 0 aliphatic carbocycles. The van der Waals surface area contributed by atoms with E-state index in [2.05, 4.69) is 56.4 Å². The van der Waals surface area contributed by atoms with E-state index in [1.165, 1.54) is 5.56 Å². The minimum absolute atomic E-state index is 0.303. The van der Waals surface area contributed by atoms with Gasteiger partial charge in [-0.3, -0.25) is 0 Å². The summed E-state index contributed by atoms with van der Waals surface area (Å²) in [6, 6.07) is 11.0. The Morgan fingerprint density at radius 2 is 1.88 bits per heavy atom. The van der Waals surface area contributed by atoms with Crippen LogP contribution in [0.15, 0.2) is 30.3 Å². The molecular weight excluding hydrogens is 198 g/mol. The molecule has 0 heterocycles. The summed E-state index contributed by atoms with van der Waals surface area (Å²) in [5, 5.41) is 3.46. The summed E-state index contributed by atoms with van der Waals surface area (Å²) in [7, 11) is 0. The van der Waals surface area contributed by atoms with Crippen molar-refractivity contribution in [2.45, 2.75) is 39.3 Å². The molecule has 2 heteroatoms. The minimum Gasteiger partial charge on any atom is -0.377 e. The van der Waals surface area contributed by atoms with Crippen LogP contribution in [-0.2, 0) is 11.2 Å². The van der Waals surface area contributed by atoms with Gasteiger partial charge in [-0.2, -0.15) is 0 Å². The third-order valence-electron chi connectivity index (χ3n) is 2.45. The molecule has 1 rings (SSSR count). The van der Waals surface area contributed by atoms with Crippen LogP contribution in [0.2, 0.25) is 0 Å². The Balaban J connectivity index is 2.44. The van der Waals surface area contributed by atoms with Gasteiger partial charge in [0, 0.05) is 6.04 Å². The van der Waals surface area contributed by atoms with Crippen molar-refractivity contribution in [3.63, 3.8) is 0 Å². The molecule has 0 aliphatic rings. The van der Waals surface area contributed by atoms with E-state index < -0.39 is 0 Å². The lowest BCUT2D eigenvalue weighted by atomic mass is 10.1. The highest BCUT2D eigenvalue weighted by atomic mass is 16.5. The highest BCUT2D eigenvalue weighted by Crippen LogP contribution is 2.04. The molecule has 2 nitrogen and oxygen atoms in total. The zero-order valence-corrected chi connectivity index (χ0v) is 10.6. The van der Waals surface area contributed by atoms with E-state index in [0.717, 1.165) is 19.6 Å². The summed E-state index contributed by atoms with van der Waals surface area (Å²) >= 11 is 0. The van der Waals surface area contributed by atoms with E-state index in [4.69, 9.17) is 4.74 Å². The maximum Gasteiger partial charge on any atom is 0.0626 e. The topological polar surface area (TPSA) is 21.3 Å². The fourth-order valence-electron chi connectivity index (χ4n) is 1.69. The fraction of sp³-hybridized carbons (Fsp3) is 0.571. The number of hydrogen-bond acceptors (Lipinski definition) is 2. The average Bonchev–Trinajstić information content (AvgIpc) is 2.27. The van der Waals surface area contributed by atoms with Crippen LogP contribution in [0, 0.1) is 0 Å². The molecule has 0 saturated carbocycles. The molecule has 0 fully saturated rings. The summed E-state index contributed by atoms with van der Waals surface area (Å²) in [4.78, 5) is 0. The molecule has 0 amide bonds. The van der Waals surface area contributed by atoms with Crippen molar-refractivity contribution in [3.8, 4) is 0 Å². The van der Waals surface area contributed by atoms with Crippen LogP contribution >= 0.6 is 0 Å². The first-order valence-corrected chi connectivity index (χ1v) is 6.11. The van der Waals surface area contributed by atoms with Gasteiger partial charge in [0.15, 0.2) is 0 Å². The second-order valence-corrected chi connectivity index (χ2v) is 4.33. The van der Waals surface area contributed by atoms with Crippen LogP contribution in [0.25, 0.3) is 0 Å². The fourth-order valence-corrected chi connectivity index (χ4v) is 1.69. The average molecular weight is 221 g/mol. The Morgan fingerprint density at radius 1 is 1.19 bits per heavy atom. The highest BCUT2D eigenvalue weighted by Gasteiger charge is 2.09. The zero-order chi connectivity index (χ0) is 11.8. The summed E-state index contributed by atoms with van der Waals surface area (Å²) in [6.07, 6.45) is 1.33. The van der Waals surface area contributed by atoms with E-state index in [9.17, 15) is 0 Å². The van der Waals surface area contributed by atoms with Crippen LogP contribution in [0.3, 0.4) is 0 Å². The molecule has 1 aromatic carbocycles. The third kappa shape index (κ3) is 5.29. The molecule has 16 heavy (non-hydrogen) atoms. The van der Waals surface area contributed by atoms with Crippen molar-refractivity contribution in [1.82, 2.24) is 5.32 Å². The van der Waals surface area contributed by atoms with Crippen molar-refractivity contribution < 1.29 is 4.74 Å². The van der Waals surface area contributed by atoms with Crippen LogP contribution in [-0.4, -0.2) is 25.3 Å². The van der Waals surface area contributed by atoms with Gasteiger partial charge in [-0.25, -0.2) is 0 Å². The van der Waals surface area contributed by atoms with Gasteiger partial charge in [0.05, 0.1) is 12.7 Å². The normalized spacial score (nSPS) is 13.0. The van der Waals surface area contributed by atoms with Crippen LogP contribution in [0.1, 0.15) is 26.3 Å². The highest BCUT2D eigenvalue weighted by molar-refractivity contribution is 5.15. The first kappa shape index (κ1) is 13.2. The molecular formula is C14H23NO. The Kier molecular flexibility index (Phi) is 6.12. The summed E-state index contributed by atoms with van der Waals surface area (Å²) < 4.78 is 5.67. The largest absolute Gasteiger partial charge is 0.377 e. The quantitative estimate of drug-likeness (QED) is 0.764. The Bertz CT molecular complexity index is 271. The molecule has 1 unspecified atom stereocenters. The monoisotopic (exact) mass is 221 g/mol. The number of hydrogen-bond donors (Lipinski definition) is 1. The molecule has 0 aliphatic heterocycles. The van der Waals surface area contributed by atoms with Crippen molar-refractivity contribution >= 4 is 0 Å². The first-order chi connectivity index (χ1) is 7.72. The molecule has 0 bridgehead atoms. The molecule has 1 N–H and O–H groups in total. The van der Waals surface area contributed by atoms with Gasteiger partial charge in [0.2, 0.25) is 0 Å². The Labute approximate surface area is 99.0 Å². The van der Waals surface area contributed by atoms with E-state index in [0.29, 0.717) is 12.1 Å². The van der Waals surface area contributed by atoms with Crippen molar-refractivity contribution in [2.75, 3.05) is 13.2 Å². The third-order valence-corrected chi connectivity index (χ3v) is 2.45. The van der Waals surface area contributed by atoms with E-state index in [-0.39, 0.29) is 0 Å². The van der Waals surface area contributed by atoms with Gasteiger partial charge >= 0.3 is 0 Å². The number of likely N-dealkylation sites (N-methyl/N-ethyl adjacent to an activating group) is 1. The molecule has 1 aromatic rings. The smallest absolute Gasteiger partial charge is 0.0626 e. The van der Waals surface area contributed by atoms with E-state index in [1.807, 2.05) is 0 Å². The van der Waals surface area contributed by atoms with Crippen molar-refractivity contribution in [3.05, 3.63) is 35.9 Å². The molecule has 0 saturated heterocycles. The van der Waals surface area contributed by atoms with Gasteiger partial charge in [-0.1, -0.05) is 37.3 Å². The second-order valence-electron chi connectivity index (χ2n) is 4.33. The predicted molar refractivity (Wildman–Crippen MR) is 68.7 cm³/mol. The molecule has 0 spiro atoms. The molecule has 1 atom stereocenters. The van der Waals surface area contributed by atoms with Crippen LogP contribution < -0.4 is 5.32 Å². The molecule has 90 valence electrons. The minimum atomic E-state index is 0.303. The Hall–Kier alpha value is -0.860. The number of benzene rings is 1. The van der Waals surface area contributed by atoms with Gasteiger partial charge in [-0.05, 0) is 32.4 Å². The molecule has 0 aromatic heterocycles. The number of ether oxygens (including phenoxy) is 1. The molecule has 0 radical (unpaired) electrons. The first-order valence-electron chi connectivity index (χ1n) is 6.11. The maximum atomic E-state index is 5.67. The van der Waals surface area contributed by atoms with Gasteiger partial charge in [-0.15, -0.1) is 0 Å². The van der Waals surface area contributed by atoms with Gasteiger partial charge < -0.3 is 10.1 Å². The summed E-state index contributed by atoms with van der Waals surface area (Å²) in [6.45, 7) is 8.05. The predicted octanol–water partition coefficient (Wildman–Crippen LogP) is 2.63. The van der Waals surface area contributed by atoms with E-state index in [1.54, 1.807) is 0 Å². The van der Waals surface area contributed by atoms with Crippen molar-refractivity contribution in [2.24, 2.45) is 0 Å². The lowest BCUT2D eigenvalue weighted by molar-refractivity contribution is 0.0616. The lowest BCUT2D eigenvalue weighted by Gasteiger charge is -2.19. The number of rotatable bonds is 7. The Morgan fingerprint density at radius 3 is 2.44 bits per heavy atom. The van der Waals surface area contributed by atoms with Crippen molar-refractivity contribution in [1.29, 1.82) is 0 Å². The van der Waals surface area contributed by atoms with E-state index >= 15 is 0 Å². The van der Waals surface area contributed by atoms with Gasteiger partial charge in [0.1, 0.15) is 0 Å². The maximum absolute atomic E-state index is 5.67. The second kappa shape index (κ2) is 7.42.